The van der Waals surface area contributed by atoms with E-state index in [2.05, 4.69) is 33.0 Å². The molecule has 0 aromatic rings. The van der Waals surface area contributed by atoms with Gasteiger partial charge in [-0.1, -0.05) is 20.3 Å². The summed E-state index contributed by atoms with van der Waals surface area (Å²) in [4.78, 5) is 14.1. The van der Waals surface area contributed by atoms with Crippen molar-refractivity contribution in [2.24, 2.45) is 5.92 Å². The summed E-state index contributed by atoms with van der Waals surface area (Å²) in [7, 11) is 0. The van der Waals surface area contributed by atoms with Gasteiger partial charge in [-0.3, -0.25) is 0 Å². The number of carbonyl (C=O) groups excluding carboxylic acids is 1. The number of rotatable bonds is 4. The van der Waals surface area contributed by atoms with E-state index in [0.717, 1.165) is 19.4 Å². The fraction of sp³-hybridized carbons (Fsp3) is 0.941. The van der Waals surface area contributed by atoms with Crippen molar-refractivity contribution in [1.82, 2.24) is 10.2 Å². The van der Waals surface area contributed by atoms with Crippen LogP contribution >= 0.6 is 0 Å². The maximum Gasteiger partial charge on any atom is 0.410 e. The van der Waals surface area contributed by atoms with E-state index in [4.69, 9.17) is 4.74 Å². The van der Waals surface area contributed by atoms with Crippen LogP contribution in [0.4, 0.5) is 4.79 Å². The third kappa shape index (κ3) is 5.85. The molecule has 1 heterocycles. The van der Waals surface area contributed by atoms with Crippen LogP contribution in [-0.4, -0.2) is 41.3 Å². The average molecular weight is 298 g/mol. The van der Waals surface area contributed by atoms with E-state index in [1.807, 2.05) is 25.7 Å². The number of hydrogen-bond acceptors (Lipinski definition) is 3. The summed E-state index contributed by atoms with van der Waals surface area (Å²) < 4.78 is 5.49. The van der Waals surface area contributed by atoms with Gasteiger partial charge in [-0.25, -0.2) is 4.79 Å². The van der Waals surface area contributed by atoms with Crippen LogP contribution in [0.5, 0.6) is 0 Å². The Kier molecular flexibility index (Phi) is 6.51. The average Bonchev–Trinajstić information content (AvgIpc) is 2.35. The second-order valence-electron chi connectivity index (χ2n) is 7.58. The first kappa shape index (κ1) is 18.3. The van der Waals surface area contributed by atoms with Crippen molar-refractivity contribution in [3.8, 4) is 0 Å². The Morgan fingerprint density at radius 3 is 2.48 bits per heavy atom. The highest BCUT2D eigenvalue weighted by Gasteiger charge is 2.32. The van der Waals surface area contributed by atoms with Crippen LogP contribution < -0.4 is 5.32 Å². The summed E-state index contributed by atoms with van der Waals surface area (Å²) in [6, 6.07) is 1.26. The van der Waals surface area contributed by atoms with Crippen molar-refractivity contribution in [3.05, 3.63) is 0 Å². The number of piperidine rings is 1. The van der Waals surface area contributed by atoms with E-state index >= 15 is 0 Å². The number of nitrogens with one attached hydrogen (secondary N) is 1. The Labute approximate surface area is 130 Å². The highest BCUT2D eigenvalue weighted by atomic mass is 16.6. The molecule has 1 amide bonds. The second kappa shape index (κ2) is 7.48. The van der Waals surface area contributed by atoms with Crippen molar-refractivity contribution in [3.63, 3.8) is 0 Å². The first-order valence-electron chi connectivity index (χ1n) is 8.39. The van der Waals surface area contributed by atoms with Crippen LogP contribution in [0.25, 0.3) is 0 Å². The van der Waals surface area contributed by atoms with Gasteiger partial charge < -0.3 is 15.0 Å². The lowest BCUT2D eigenvalue weighted by Crippen LogP contribution is -2.53. The van der Waals surface area contributed by atoms with Gasteiger partial charge >= 0.3 is 6.09 Å². The van der Waals surface area contributed by atoms with Crippen LogP contribution in [0.1, 0.15) is 67.7 Å². The molecule has 1 saturated heterocycles. The third-order valence-electron chi connectivity index (χ3n) is 4.50. The van der Waals surface area contributed by atoms with Crippen LogP contribution in [0.15, 0.2) is 0 Å². The van der Waals surface area contributed by atoms with Crippen molar-refractivity contribution < 1.29 is 9.53 Å². The fourth-order valence-electron chi connectivity index (χ4n) is 2.80. The topological polar surface area (TPSA) is 41.6 Å². The summed E-state index contributed by atoms with van der Waals surface area (Å²) in [6.45, 7) is 15.4. The highest BCUT2D eigenvalue weighted by molar-refractivity contribution is 5.68. The molecule has 4 unspecified atom stereocenters. The van der Waals surface area contributed by atoms with Crippen molar-refractivity contribution in [2.45, 2.75) is 91.5 Å². The SMILES string of the molecule is CCC(C)C(C)NC1CCN(C(=O)OC(C)(C)C)C(C)C1. The molecule has 1 fully saturated rings. The lowest BCUT2D eigenvalue weighted by atomic mass is 9.94. The molecule has 4 nitrogen and oxygen atoms in total. The molecule has 0 aromatic carbocycles. The van der Waals surface area contributed by atoms with Crippen LogP contribution in [-0.2, 0) is 4.74 Å². The molecule has 1 aliphatic rings. The lowest BCUT2D eigenvalue weighted by molar-refractivity contribution is 0.00882. The number of likely N-dealkylation sites (tertiary alicyclic amines) is 1. The maximum atomic E-state index is 12.2. The van der Waals surface area contributed by atoms with E-state index in [-0.39, 0.29) is 12.1 Å². The molecule has 4 atom stereocenters. The molecule has 0 spiro atoms. The molecule has 1 rings (SSSR count). The van der Waals surface area contributed by atoms with Gasteiger partial charge in [0.05, 0.1) is 0 Å². The molecule has 4 heteroatoms. The zero-order valence-corrected chi connectivity index (χ0v) is 14.9. The number of carbonyl (C=O) groups is 1. The molecule has 1 aliphatic heterocycles. The molecular weight excluding hydrogens is 264 g/mol. The van der Waals surface area contributed by atoms with Crippen molar-refractivity contribution in [2.75, 3.05) is 6.54 Å². The standard InChI is InChI=1S/C17H34N2O2/c1-8-12(2)14(4)18-15-9-10-19(13(3)11-15)16(20)21-17(5,6)7/h12-15,18H,8-11H2,1-7H3. The molecule has 0 bridgehead atoms. The summed E-state index contributed by atoms with van der Waals surface area (Å²) in [5.41, 5.74) is -0.420. The van der Waals surface area contributed by atoms with Gasteiger partial charge in [0.15, 0.2) is 0 Å². The van der Waals surface area contributed by atoms with Crippen LogP contribution in [0.2, 0.25) is 0 Å². The quantitative estimate of drug-likeness (QED) is 0.858. The van der Waals surface area contributed by atoms with Gasteiger partial charge in [0.1, 0.15) is 5.60 Å². The van der Waals surface area contributed by atoms with Gasteiger partial charge in [0.25, 0.3) is 0 Å². The molecule has 0 aromatic heterocycles. The van der Waals surface area contributed by atoms with Gasteiger partial charge in [-0.05, 0) is 53.4 Å². The molecule has 0 aliphatic carbocycles. The first-order valence-corrected chi connectivity index (χ1v) is 8.39. The molecule has 0 saturated carbocycles. The van der Waals surface area contributed by atoms with Gasteiger partial charge in [0, 0.05) is 24.7 Å². The predicted octanol–water partition coefficient (Wildman–Crippen LogP) is 3.80. The third-order valence-corrected chi connectivity index (χ3v) is 4.50. The van der Waals surface area contributed by atoms with Gasteiger partial charge in [-0.15, -0.1) is 0 Å². The largest absolute Gasteiger partial charge is 0.444 e. The monoisotopic (exact) mass is 298 g/mol. The van der Waals surface area contributed by atoms with Crippen molar-refractivity contribution in [1.29, 1.82) is 0 Å². The predicted molar refractivity (Wildman–Crippen MR) is 87.5 cm³/mol. The van der Waals surface area contributed by atoms with Crippen molar-refractivity contribution >= 4 is 6.09 Å². The Bertz CT molecular complexity index is 338. The molecular formula is C17H34N2O2. The minimum Gasteiger partial charge on any atom is -0.444 e. The normalized spacial score (nSPS) is 26.3. The molecule has 124 valence electrons. The summed E-state index contributed by atoms with van der Waals surface area (Å²) >= 11 is 0. The first-order chi connectivity index (χ1) is 9.64. The highest BCUT2D eigenvalue weighted by Crippen LogP contribution is 2.21. The Balaban J connectivity index is 2.49. The van der Waals surface area contributed by atoms with Gasteiger partial charge in [-0.2, -0.15) is 0 Å². The number of amides is 1. The van der Waals surface area contributed by atoms with Crippen LogP contribution in [0, 0.1) is 5.92 Å². The second-order valence-corrected chi connectivity index (χ2v) is 7.58. The van der Waals surface area contributed by atoms with E-state index in [1.54, 1.807) is 0 Å². The fourth-order valence-corrected chi connectivity index (χ4v) is 2.80. The lowest BCUT2D eigenvalue weighted by Gasteiger charge is -2.40. The smallest absolute Gasteiger partial charge is 0.410 e. The zero-order chi connectivity index (χ0) is 16.2. The summed E-state index contributed by atoms with van der Waals surface area (Å²) in [5.74, 6) is 0.684. The maximum absolute atomic E-state index is 12.2. The van der Waals surface area contributed by atoms with E-state index < -0.39 is 5.60 Å². The number of hydrogen-bond donors (Lipinski definition) is 1. The Morgan fingerprint density at radius 2 is 2.00 bits per heavy atom. The van der Waals surface area contributed by atoms with Crippen LogP contribution in [0.3, 0.4) is 0 Å². The summed E-state index contributed by atoms with van der Waals surface area (Å²) in [5, 5.41) is 3.73. The number of ether oxygens (including phenoxy) is 1. The molecule has 21 heavy (non-hydrogen) atoms. The molecule has 1 N–H and O–H groups in total. The number of nitrogens with zero attached hydrogens (tertiary/aromatic N) is 1. The summed E-state index contributed by atoms with van der Waals surface area (Å²) in [6.07, 6.45) is 3.02. The minimum atomic E-state index is -0.420. The van der Waals surface area contributed by atoms with E-state index in [1.165, 1.54) is 6.42 Å². The van der Waals surface area contributed by atoms with E-state index in [9.17, 15) is 4.79 Å². The Hall–Kier alpha value is -0.770. The minimum absolute atomic E-state index is 0.177. The molecule has 0 radical (unpaired) electrons. The Morgan fingerprint density at radius 1 is 1.38 bits per heavy atom. The van der Waals surface area contributed by atoms with E-state index in [0.29, 0.717) is 18.0 Å². The zero-order valence-electron chi connectivity index (χ0n) is 14.9. The van der Waals surface area contributed by atoms with Gasteiger partial charge in [0.2, 0.25) is 0 Å².